The fourth-order valence-electron chi connectivity index (χ4n) is 7.61. The second kappa shape index (κ2) is 2.98. The Kier molecular flexibility index (Phi) is 1.78. The van der Waals surface area contributed by atoms with E-state index in [2.05, 4.69) is 27.7 Å². The van der Waals surface area contributed by atoms with Gasteiger partial charge < -0.3 is 4.74 Å². The third kappa shape index (κ3) is 0.849. The molecule has 1 nitrogen and oxygen atoms in total. The van der Waals surface area contributed by atoms with Gasteiger partial charge >= 0.3 is 0 Å². The topological polar surface area (TPSA) is 9.23 Å². The summed E-state index contributed by atoms with van der Waals surface area (Å²) in [6, 6.07) is 0. The van der Waals surface area contributed by atoms with Gasteiger partial charge in [0.05, 0.1) is 11.7 Å². The molecule has 0 N–H and O–H groups in total. The Morgan fingerprint density at radius 3 is 2.37 bits per heavy atom. The first-order valence-corrected chi connectivity index (χ1v) is 8.41. The van der Waals surface area contributed by atoms with E-state index >= 15 is 0 Å². The number of allylic oxidation sites excluding steroid dienone is 1. The molecule has 0 aromatic carbocycles. The van der Waals surface area contributed by atoms with E-state index in [1.165, 1.54) is 25.7 Å². The fraction of sp³-hybridized carbons (Fsp3) is 0.889. The lowest BCUT2D eigenvalue weighted by Crippen LogP contribution is -2.56. The molecule has 19 heavy (non-hydrogen) atoms. The summed E-state index contributed by atoms with van der Waals surface area (Å²) in [6.45, 7) is 9.52. The molecule has 6 aliphatic rings. The van der Waals surface area contributed by atoms with Crippen LogP contribution in [0.4, 0.5) is 0 Å². The molecular formula is C18H26O. The summed E-state index contributed by atoms with van der Waals surface area (Å²) in [7, 11) is 0. The van der Waals surface area contributed by atoms with E-state index in [-0.39, 0.29) is 5.60 Å². The van der Waals surface area contributed by atoms with E-state index in [4.69, 9.17) is 4.74 Å². The van der Waals surface area contributed by atoms with Gasteiger partial charge in [-0.15, -0.1) is 0 Å². The van der Waals surface area contributed by atoms with Crippen molar-refractivity contribution >= 4 is 0 Å². The maximum atomic E-state index is 6.57. The highest BCUT2D eigenvalue weighted by Crippen LogP contribution is 2.87. The van der Waals surface area contributed by atoms with E-state index in [0.29, 0.717) is 17.4 Å². The Bertz CT molecular complexity index is 488. The van der Waals surface area contributed by atoms with Gasteiger partial charge in [-0.1, -0.05) is 37.8 Å². The molecule has 1 aliphatic heterocycles. The molecule has 104 valence electrons. The molecule has 0 aromatic heterocycles. The summed E-state index contributed by atoms with van der Waals surface area (Å²) < 4.78 is 6.57. The maximum absolute atomic E-state index is 6.57. The molecule has 6 rings (SSSR count). The Hall–Kier alpha value is -0.300. The molecule has 1 saturated heterocycles. The molecule has 1 heterocycles. The van der Waals surface area contributed by atoms with Crippen LogP contribution in [0.15, 0.2) is 11.1 Å². The lowest BCUT2D eigenvalue weighted by atomic mass is 9.65. The van der Waals surface area contributed by atoms with Crippen molar-refractivity contribution in [1.82, 2.24) is 0 Å². The van der Waals surface area contributed by atoms with E-state index in [1.54, 1.807) is 5.57 Å². The molecule has 6 fully saturated rings. The summed E-state index contributed by atoms with van der Waals surface area (Å²) in [6.07, 6.45) is 6.60. The summed E-state index contributed by atoms with van der Waals surface area (Å²) >= 11 is 0. The molecule has 6 atom stereocenters. The average molecular weight is 258 g/mol. The third-order valence-electron chi connectivity index (χ3n) is 7.74. The summed E-state index contributed by atoms with van der Waals surface area (Å²) in [5.41, 5.74) is 4.43. The van der Waals surface area contributed by atoms with Gasteiger partial charge in [0.1, 0.15) is 0 Å². The van der Waals surface area contributed by atoms with Crippen molar-refractivity contribution in [2.24, 2.45) is 35.0 Å². The molecule has 5 aliphatic carbocycles. The minimum atomic E-state index is 0.264. The first kappa shape index (κ1) is 11.4. The van der Waals surface area contributed by atoms with Crippen molar-refractivity contribution in [2.45, 2.75) is 65.1 Å². The van der Waals surface area contributed by atoms with E-state index in [9.17, 15) is 0 Å². The zero-order chi connectivity index (χ0) is 13.2. The van der Waals surface area contributed by atoms with Crippen LogP contribution in [0.1, 0.15) is 53.4 Å². The molecular weight excluding hydrogens is 232 g/mol. The largest absolute Gasteiger partial charge is 0.370 e. The minimum Gasteiger partial charge on any atom is -0.370 e. The van der Waals surface area contributed by atoms with Crippen LogP contribution >= 0.6 is 0 Å². The molecule has 1 spiro atoms. The average Bonchev–Trinajstić information content (AvgIpc) is 3.05. The van der Waals surface area contributed by atoms with Crippen LogP contribution in [0.3, 0.4) is 0 Å². The number of hydrogen-bond acceptors (Lipinski definition) is 1. The first-order chi connectivity index (χ1) is 9.06. The third-order valence-corrected chi connectivity index (χ3v) is 7.74. The molecule has 5 saturated carbocycles. The predicted octanol–water partition coefficient (Wildman–Crippen LogP) is 4.18. The Morgan fingerprint density at radius 2 is 1.79 bits per heavy atom. The van der Waals surface area contributed by atoms with Crippen molar-refractivity contribution in [1.29, 1.82) is 0 Å². The molecule has 0 unspecified atom stereocenters. The number of hydrogen-bond donors (Lipinski definition) is 0. The van der Waals surface area contributed by atoms with Gasteiger partial charge in [0, 0.05) is 17.8 Å². The van der Waals surface area contributed by atoms with Gasteiger partial charge in [0.25, 0.3) is 0 Å². The monoisotopic (exact) mass is 258 g/mol. The van der Waals surface area contributed by atoms with Gasteiger partial charge in [0.2, 0.25) is 0 Å². The Labute approximate surface area is 116 Å². The summed E-state index contributed by atoms with van der Waals surface area (Å²) in [5, 5.41) is 0. The lowest BCUT2D eigenvalue weighted by Gasteiger charge is -2.50. The predicted molar refractivity (Wildman–Crippen MR) is 75.7 cm³/mol. The minimum absolute atomic E-state index is 0.264. The fourth-order valence-corrected chi connectivity index (χ4v) is 7.61. The van der Waals surface area contributed by atoms with Gasteiger partial charge in [-0.2, -0.15) is 0 Å². The van der Waals surface area contributed by atoms with Crippen LogP contribution in [-0.4, -0.2) is 11.7 Å². The zero-order valence-corrected chi connectivity index (χ0v) is 12.7. The SMILES string of the molecule is CC(C)=C1[C@H]2[C@@H]3[C@@H]4O[C@]3(C(C)C)[C@@H]1[C@H]4C21CCCC1. The smallest absolute Gasteiger partial charge is 0.0837 e. The van der Waals surface area contributed by atoms with Crippen molar-refractivity contribution in [3.63, 3.8) is 0 Å². The van der Waals surface area contributed by atoms with Crippen molar-refractivity contribution < 1.29 is 4.74 Å². The molecule has 0 amide bonds. The van der Waals surface area contributed by atoms with Gasteiger partial charge in [-0.25, -0.2) is 0 Å². The van der Waals surface area contributed by atoms with Crippen molar-refractivity contribution in [2.75, 3.05) is 0 Å². The zero-order valence-electron chi connectivity index (χ0n) is 12.7. The lowest BCUT2D eigenvalue weighted by molar-refractivity contribution is -0.231. The summed E-state index contributed by atoms with van der Waals surface area (Å²) in [4.78, 5) is 0. The standard InChI is InChI=1S/C18H26O/c1-9(2)11-12-15-16-14(17(12)7-5-6-8-17)13(11)18(15,19-16)10(3)4/h10,12-16H,5-8H2,1-4H3/t12-,13-,14+,15+,16+,18+/m0/s1. The van der Waals surface area contributed by atoms with Crippen LogP contribution in [0, 0.1) is 35.0 Å². The highest BCUT2D eigenvalue weighted by molar-refractivity contribution is 5.50. The Balaban J connectivity index is 1.72. The summed E-state index contributed by atoms with van der Waals surface area (Å²) in [5.74, 6) is 4.21. The van der Waals surface area contributed by atoms with Gasteiger partial charge in [0.15, 0.2) is 0 Å². The van der Waals surface area contributed by atoms with Crippen molar-refractivity contribution in [3.8, 4) is 0 Å². The van der Waals surface area contributed by atoms with E-state index < -0.39 is 0 Å². The van der Waals surface area contributed by atoms with E-state index in [1.807, 2.05) is 5.57 Å². The maximum Gasteiger partial charge on any atom is 0.0837 e. The quantitative estimate of drug-likeness (QED) is 0.641. The van der Waals surface area contributed by atoms with Crippen LogP contribution in [0.25, 0.3) is 0 Å². The highest BCUT2D eigenvalue weighted by Gasteiger charge is 2.90. The number of rotatable bonds is 1. The first-order valence-electron chi connectivity index (χ1n) is 8.41. The van der Waals surface area contributed by atoms with Crippen LogP contribution < -0.4 is 0 Å². The van der Waals surface area contributed by atoms with Crippen LogP contribution in [-0.2, 0) is 4.74 Å². The molecule has 6 bridgehead atoms. The molecule has 0 aromatic rings. The molecule has 0 radical (unpaired) electrons. The number of ether oxygens (including phenoxy) is 1. The highest BCUT2D eigenvalue weighted by atomic mass is 16.6. The molecule has 1 heteroatoms. The van der Waals surface area contributed by atoms with Crippen LogP contribution in [0.5, 0.6) is 0 Å². The van der Waals surface area contributed by atoms with E-state index in [0.717, 1.165) is 23.7 Å². The second-order valence-corrected chi connectivity index (χ2v) is 8.49. The van der Waals surface area contributed by atoms with Gasteiger partial charge in [-0.05, 0) is 43.9 Å². The van der Waals surface area contributed by atoms with Crippen molar-refractivity contribution in [3.05, 3.63) is 11.1 Å². The second-order valence-electron chi connectivity index (χ2n) is 8.49. The van der Waals surface area contributed by atoms with Gasteiger partial charge in [-0.3, -0.25) is 0 Å². The van der Waals surface area contributed by atoms with Crippen LogP contribution in [0.2, 0.25) is 0 Å². The normalized spacial score (nSPS) is 54.8. The Morgan fingerprint density at radius 1 is 1.11 bits per heavy atom.